The summed E-state index contributed by atoms with van der Waals surface area (Å²) in [6.45, 7) is -0.381. The van der Waals surface area contributed by atoms with Crippen molar-refractivity contribution in [3.05, 3.63) is 47.4 Å². The molecule has 31 heavy (non-hydrogen) atoms. The number of esters is 1. The fraction of sp³-hybridized carbons (Fsp3) is 0.263. The zero-order chi connectivity index (χ0) is 23.2. The largest absolute Gasteiger partial charge is 0.453 e. The number of carbonyl (C=O) groups excluding carboxylic acids is 1. The SMILES string of the molecule is CSCOC(=O)CN/C(=C\C(=N)C(F)(F)F)c1ccc(-c2cccc(S(C)(=O)=O)c2)s1. The number of carbonyl (C=O) groups is 1. The third kappa shape index (κ3) is 7.40. The number of sulfone groups is 1. The molecule has 1 heterocycles. The molecule has 0 amide bonds. The third-order valence-corrected chi connectivity index (χ3v) is 6.40. The van der Waals surface area contributed by atoms with Crippen LogP contribution in [0.5, 0.6) is 0 Å². The second-order valence-corrected chi connectivity index (χ2v) is 10.1. The second kappa shape index (κ2) is 10.3. The first-order valence-electron chi connectivity index (χ1n) is 8.58. The maximum Gasteiger partial charge on any atom is 0.432 e. The highest BCUT2D eigenvalue weighted by Gasteiger charge is 2.33. The van der Waals surface area contributed by atoms with Crippen molar-refractivity contribution in [1.82, 2.24) is 5.32 Å². The van der Waals surface area contributed by atoms with Gasteiger partial charge in [-0.3, -0.25) is 10.2 Å². The predicted molar refractivity (Wildman–Crippen MR) is 117 cm³/mol. The van der Waals surface area contributed by atoms with E-state index in [1.165, 1.54) is 30.0 Å². The van der Waals surface area contributed by atoms with Gasteiger partial charge in [-0.05, 0) is 42.2 Å². The lowest BCUT2D eigenvalue weighted by atomic mass is 10.2. The Balaban J connectivity index is 2.35. The van der Waals surface area contributed by atoms with Crippen molar-refractivity contribution in [3.8, 4) is 10.4 Å². The Labute approximate surface area is 185 Å². The molecular formula is C19H19F3N2O4S3. The fourth-order valence-corrected chi connectivity index (χ4v) is 4.21. The van der Waals surface area contributed by atoms with Gasteiger partial charge in [0.25, 0.3) is 0 Å². The van der Waals surface area contributed by atoms with E-state index in [1.807, 2.05) is 0 Å². The van der Waals surface area contributed by atoms with Crippen molar-refractivity contribution in [2.75, 3.05) is 25.0 Å². The van der Waals surface area contributed by atoms with Crippen LogP contribution in [0, 0.1) is 5.41 Å². The van der Waals surface area contributed by atoms with Crippen LogP contribution in [0.3, 0.4) is 0 Å². The minimum absolute atomic E-state index is 0.0704. The summed E-state index contributed by atoms with van der Waals surface area (Å²) in [5, 5.41) is 9.86. The Hall–Kier alpha value is -2.31. The van der Waals surface area contributed by atoms with Gasteiger partial charge in [0.1, 0.15) is 18.2 Å². The van der Waals surface area contributed by atoms with Crippen LogP contribution in [0.2, 0.25) is 0 Å². The van der Waals surface area contributed by atoms with Gasteiger partial charge >= 0.3 is 12.1 Å². The van der Waals surface area contributed by atoms with Crippen LogP contribution in [-0.4, -0.2) is 51.3 Å². The Morgan fingerprint density at radius 3 is 2.61 bits per heavy atom. The summed E-state index contributed by atoms with van der Waals surface area (Å²) in [7, 11) is -3.43. The second-order valence-electron chi connectivity index (χ2n) is 6.21. The van der Waals surface area contributed by atoms with Crippen molar-refractivity contribution in [1.29, 1.82) is 5.41 Å². The molecule has 1 aromatic carbocycles. The molecule has 0 atom stereocenters. The number of alkyl halides is 3. The van der Waals surface area contributed by atoms with E-state index >= 15 is 0 Å². The van der Waals surface area contributed by atoms with Gasteiger partial charge in [-0.1, -0.05) is 12.1 Å². The molecule has 0 radical (unpaired) electrons. The number of halogens is 3. The van der Waals surface area contributed by atoms with E-state index in [0.717, 1.165) is 17.6 Å². The number of nitrogens with one attached hydrogen (secondary N) is 2. The number of hydrogen-bond donors (Lipinski definition) is 2. The van der Waals surface area contributed by atoms with E-state index in [-0.39, 0.29) is 23.1 Å². The van der Waals surface area contributed by atoms with E-state index in [0.29, 0.717) is 21.4 Å². The summed E-state index contributed by atoms with van der Waals surface area (Å²) in [6.07, 6.45) is -1.45. The standard InChI is InChI=1S/C19H19F3N2O4S3/c1-29-11-28-18(25)10-24-14(9-17(23)19(20,21)22)16-7-6-15(30-16)12-4-3-5-13(8-12)31(2,26)27/h3-9,23-24H,10-11H2,1-2H3/b14-9-,23-17?. The molecular weight excluding hydrogens is 473 g/mol. The topological polar surface area (TPSA) is 96.3 Å². The lowest BCUT2D eigenvalue weighted by molar-refractivity contribution is -0.140. The molecule has 2 rings (SSSR count). The summed E-state index contributed by atoms with van der Waals surface area (Å²) in [4.78, 5) is 12.8. The molecule has 168 valence electrons. The first kappa shape index (κ1) is 25.0. The first-order valence-corrected chi connectivity index (χ1v) is 12.7. The molecule has 1 aromatic heterocycles. The van der Waals surface area contributed by atoms with Crippen molar-refractivity contribution < 1.29 is 31.1 Å². The lowest BCUT2D eigenvalue weighted by Crippen LogP contribution is -2.26. The highest BCUT2D eigenvalue weighted by atomic mass is 32.2. The van der Waals surface area contributed by atoms with Crippen LogP contribution in [-0.2, 0) is 19.4 Å². The van der Waals surface area contributed by atoms with E-state index in [1.54, 1.807) is 24.5 Å². The quantitative estimate of drug-likeness (QED) is 0.310. The lowest BCUT2D eigenvalue weighted by Gasteiger charge is -2.11. The number of benzene rings is 1. The number of rotatable bonds is 9. The monoisotopic (exact) mass is 492 g/mol. The van der Waals surface area contributed by atoms with E-state index in [9.17, 15) is 26.4 Å². The van der Waals surface area contributed by atoms with Gasteiger partial charge in [-0.15, -0.1) is 23.1 Å². The predicted octanol–water partition coefficient (Wildman–Crippen LogP) is 4.19. The zero-order valence-corrected chi connectivity index (χ0v) is 18.9. The van der Waals surface area contributed by atoms with Gasteiger partial charge in [0.05, 0.1) is 15.5 Å². The molecule has 0 unspecified atom stereocenters. The van der Waals surface area contributed by atoms with Gasteiger partial charge in [0.2, 0.25) is 0 Å². The van der Waals surface area contributed by atoms with Crippen LogP contribution in [0.4, 0.5) is 13.2 Å². The molecule has 0 fully saturated rings. The Morgan fingerprint density at radius 2 is 2.00 bits per heavy atom. The smallest absolute Gasteiger partial charge is 0.432 e. The molecule has 0 saturated heterocycles. The van der Waals surface area contributed by atoms with Gasteiger partial charge in [0, 0.05) is 11.1 Å². The highest BCUT2D eigenvalue weighted by Crippen LogP contribution is 2.33. The molecule has 0 aliphatic rings. The minimum atomic E-state index is -4.85. The van der Waals surface area contributed by atoms with Crippen molar-refractivity contribution in [3.63, 3.8) is 0 Å². The summed E-state index contributed by atoms with van der Waals surface area (Å²) < 4.78 is 67.0. The van der Waals surface area contributed by atoms with Crippen LogP contribution < -0.4 is 5.32 Å². The first-order chi connectivity index (χ1) is 14.4. The maximum absolute atomic E-state index is 12.9. The minimum Gasteiger partial charge on any atom is -0.453 e. The third-order valence-electron chi connectivity index (χ3n) is 3.77. The molecule has 6 nitrogen and oxygen atoms in total. The van der Waals surface area contributed by atoms with Crippen LogP contribution in [0.15, 0.2) is 47.4 Å². The maximum atomic E-state index is 12.9. The van der Waals surface area contributed by atoms with Gasteiger partial charge in [-0.2, -0.15) is 13.2 Å². The molecule has 12 heteroatoms. The number of ether oxygens (including phenoxy) is 1. The number of thiophene rings is 1. The van der Waals surface area contributed by atoms with Crippen molar-refractivity contribution >= 4 is 50.3 Å². The van der Waals surface area contributed by atoms with E-state index in [4.69, 9.17) is 10.1 Å². The summed E-state index contributed by atoms with van der Waals surface area (Å²) >= 11 is 2.36. The molecule has 0 aliphatic carbocycles. The van der Waals surface area contributed by atoms with Crippen LogP contribution >= 0.6 is 23.1 Å². The van der Waals surface area contributed by atoms with Crippen molar-refractivity contribution in [2.24, 2.45) is 0 Å². The van der Waals surface area contributed by atoms with Crippen LogP contribution in [0.25, 0.3) is 16.1 Å². The summed E-state index contributed by atoms with van der Waals surface area (Å²) in [6, 6.07) is 9.33. The van der Waals surface area contributed by atoms with Gasteiger partial charge in [-0.25, -0.2) is 8.42 Å². The number of allylic oxidation sites excluding steroid dienone is 1. The Bertz CT molecular complexity index is 1090. The fourth-order valence-electron chi connectivity index (χ4n) is 2.30. The van der Waals surface area contributed by atoms with Gasteiger partial charge < -0.3 is 10.1 Å². The highest BCUT2D eigenvalue weighted by molar-refractivity contribution is 7.98. The van der Waals surface area contributed by atoms with E-state index in [2.05, 4.69) is 5.32 Å². The Morgan fingerprint density at radius 1 is 1.29 bits per heavy atom. The molecule has 0 saturated carbocycles. The average molecular weight is 493 g/mol. The molecule has 0 bridgehead atoms. The summed E-state index contributed by atoms with van der Waals surface area (Å²) in [5.74, 6) is -0.547. The molecule has 0 spiro atoms. The molecule has 0 aliphatic heterocycles. The van der Waals surface area contributed by atoms with Gasteiger partial charge in [0.15, 0.2) is 9.84 Å². The molecule has 2 N–H and O–H groups in total. The van der Waals surface area contributed by atoms with Crippen LogP contribution in [0.1, 0.15) is 4.88 Å². The average Bonchev–Trinajstić information content (AvgIpc) is 3.18. The molecule has 2 aromatic rings. The summed E-state index contributed by atoms with van der Waals surface area (Å²) in [5.41, 5.74) is -1.08. The Kier molecular flexibility index (Phi) is 8.32. The number of thioether (sulfide) groups is 1. The zero-order valence-electron chi connectivity index (χ0n) is 16.4. The normalized spacial score (nSPS) is 12.5. The van der Waals surface area contributed by atoms with E-state index < -0.39 is 27.7 Å². The number of hydrogen-bond acceptors (Lipinski definition) is 8. The van der Waals surface area contributed by atoms with Crippen molar-refractivity contribution in [2.45, 2.75) is 11.1 Å².